The molecule has 1 aromatic rings. The lowest BCUT2D eigenvalue weighted by Crippen LogP contribution is -2.48. The largest absolute Gasteiger partial charge is 0.462 e. The van der Waals surface area contributed by atoms with Gasteiger partial charge in [-0.2, -0.15) is 5.09 Å². The van der Waals surface area contributed by atoms with Crippen molar-refractivity contribution in [3.05, 3.63) is 48.4 Å². The van der Waals surface area contributed by atoms with E-state index in [2.05, 4.69) is 18.2 Å². The zero-order valence-electron chi connectivity index (χ0n) is 21.5. The first-order valence-electron chi connectivity index (χ1n) is 11.4. The molecule has 10 nitrogen and oxygen atoms in total. The van der Waals surface area contributed by atoms with Gasteiger partial charge in [0.2, 0.25) is 6.41 Å². The maximum absolute atomic E-state index is 15.1. The SMILES string of the molecule is C=CSC(=C)c1ccc(OP(=O)(NC(C)C(=O)OC(C)C)OCC2OC(N(C)C=O)C(C)(F)C2O)cc1. The van der Waals surface area contributed by atoms with Gasteiger partial charge in [0, 0.05) is 12.0 Å². The number of esters is 1. The van der Waals surface area contributed by atoms with Crippen LogP contribution in [0.15, 0.2) is 42.8 Å². The molecule has 1 heterocycles. The van der Waals surface area contributed by atoms with Crippen LogP contribution in [0.2, 0.25) is 0 Å². The number of halogens is 1. The van der Waals surface area contributed by atoms with Crippen molar-refractivity contribution in [1.82, 2.24) is 9.99 Å². The van der Waals surface area contributed by atoms with E-state index in [1.165, 1.54) is 37.9 Å². The number of nitrogens with zero attached hydrogens (tertiary/aromatic N) is 1. The Morgan fingerprint density at radius 3 is 2.54 bits per heavy atom. The van der Waals surface area contributed by atoms with Crippen LogP contribution in [0, 0.1) is 0 Å². The van der Waals surface area contributed by atoms with Crippen molar-refractivity contribution in [2.45, 2.75) is 63.9 Å². The summed E-state index contributed by atoms with van der Waals surface area (Å²) in [6, 6.07) is 5.34. The summed E-state index contributed by atoms with van der Waals surface area (Å²) in [7, 11) is -3.01. The average Bonchev–Trinajstić information content (AvgIpc) is 3.05. The number of aliphatic hydroxyl groups is 1. The molecule has 1 aliphatic rings. The minimum Gasteiger partial charge on any atom is -0.462 e. The lowest BCUT2D eigenvalue weighted by Gasteiger charge is -2.28. The van der Waals surface area contributed by atoms with Crippen LogP contribution in [0.25, 0.3) is 4.91 Å². The van der Waals surface area contributed by atoms with E-state index in [0.717, 1.165) is 22.3 Å². The molecular formula is C24H34FN2O8PS. The molecule has 0 aliphatic carbocycles. The van der Waals surface area contributed by atoms with Crippen LogP contribution in [0.1, 0.15) is 33.3 Å². The zero-order chi connectivity index (χ0) is 28.0. The van der Waals surface area contributed by atoms with Crippen LogP contribution in [0.3, 0.4) is 0 Å². The second-order valence-corrected chi connectivity index (χ2v) is 11.6. The molecule has 1 saturated heterocycles. The number of benzene rings is 1. The Bertz CT molecular complexity index is 1020. The quantitative estimate of drug-likeness (QED) is 0.197. The number of aliphatic hydroxyl groups excluding tert-OH is 1. The van der Waals surface area contributed by atoms with Crippen LogP contribution in [-0.4, -0.2) is 72.3 Å². The van der Waals surface area contributed by atoms with Crippen molar-refractivity contribution < 1.29 is 42.2 Å². The van der Waals surface area contributed by atoms with Gasteiger partial charge >= 0.3 is 13.7 Å². The van der Waals surface area contributed by atoms with Gasteiger partial charge in [-0.15, -0.1) is 0 Å². The number of carbonyl (C=O) groups excluding carboxylic acids is 2. The van der Waals surface area contributed by atoms with Crippen molar-refractivity contribution in [2.75, 3.05) is 13.7 Å². The average molecular weight is 561 g/mol. The molecule has 1 fully saturated rings. The summed E-state index contributed by atoms with van der Waals surface area (Å²) in [4.78, 5) is 25.1. The molecule has 13 heteroatoms. The van der Waals surface area contributed by atoms with E-state index in [4.69, 9.17) is 18.5 Å². The van der Waals surface area contributed by atoms with Gasteiger partial charge in [-0.25, -0.2) is 8.96 Å². The topological polar surface area (TPSA) is 124 Å². The van der Waals surface area contributed by atoms with E-state index < -0.39 is 56.6 Å². The van der Waals surface area contributed by atoms with E-state index in [1.54, 1.807) is 31.4 Å². The van der Waals surface area contributed by atoms with Gasteiger partial charge in [0.1, 0.15) is 24.0 Å². The monoisotopic (exact) mass is 560 g/mol. The molecule has 2 rings (SSSR count). The normalized spacial score (nSPS) is 25.7. The Hall–Kier alpha value is -2.21. The standard InChI is InChI=1S/C24H34FN2O8PS/c1-8-37-17(5)18-9-11-19(12-10-18)35-36(31,26-16(4)22(30)33-15(2)3)32-13-20-21(29)24(6,25)23(34-20)27(7)14-28/h8-12,14-16,20-21,23,29H,1,5,13H2,2-4,6-7H3,(H,26,31). The van der Waals surface area contributed by atoms with Crippen molar-refractivity contribution in [1.29, 1.82) is 0 Å². The maximum Gasteiger partial charge on any atom is 0.459 e. The minimum absolute atomic E-state index is 0.141. The van der Waals surface area contributed by atoms with Crippen LogP contribution < -0.4 is 9.61 Å². The molecule has 0 saturated carbocycles. The van der Waals surface area contributed by atoms with Gasteiger partial charge in [-0.1, -0.05) is 37.1 Å². The summed E-state index contributed by atoms with van der Waals surface area (Å²) in [5.41, 5.74) is -1.54. The van der Waals surface area contributed by atoms with Gasteiger partial charge in [-0.3, -0.25) is 14.1 Å². The van der Waals surface area contributed by atoms with Gasteiger partial charge in [0.25, 0.3) is 0 Å². The third kappa shape index (κ3) is 8.13. The number of rotatable bonds is 14. The van der Waals surface area contributed by atoms with E-state index in [0.29, 0.717) is 6.41 Å². The van der Waals surface area contributed by atoms with Crippen molar-refractivity contribution >= 4 is 36.8 Å². The Morgan fingerprint density at radius 2 is 2.00 bits per heavy atom. The fourth-order valence-corrected chi connectivity index (χ4v) is 5.43. The fraction of sp³-hybridized carbons (Fsp3) is 0.500. The highest BCUT2D eigenvalue weighted by molar-refractivity contribution is 8.10. The second kappa shape index (κ2) is 13.0. The number of nitrogens with one attached hydrogen (secondary N) is 1. The summed E-state index contributed by atoms with van der Waals surface area (Å²) in [6.07, 6.45) is -4.44. The Kier molecular flexibility index (Phi) is 10.9. The summed E-state index contributed by atoms with van der Waals surface area (Å²) in [5, 5.41) is 14.6. The number of amides is 1. The van der Waals surface area contributed by atoms with Gasteiger partial charge in [-0.05, 0) is 50.8 Å². The molecule has 37 heavy (non-hydrogen) atoms. The number of thioether (sulfide) groups is 1. The van der Waals surface area contributed by atoms with Crippen molar-refractivity contribution in [2.24, 2.45) is 0 Å². The van der Waals surface area contributed by atoms with Gasteiger partial charge in [0.05, 0.1) is 12.7 Å². The molecule has 206 valence electrons. The maximum atomic E-state index is 15.1. The molecule has 0 bridgehead atoms. The predicted octanol–water partition coefficient (Wildman–Crippen LogP) is 3.87. The third-order valence-electron chi connectivity index (χ3n) is 5.35. The molecule has 0 radical (unpaired) electrons. The second-order valence-electron chi connectivity index (χ2n) is 8.85. The van der Waals surface area contributed by atoms with Crippen LogP contribution in [0.4, 0.5) is 4.39 Å². The van der Waals surface area contributed by atoms with E-state index in [9.17, 15) is 19.3 Å². The zero-order valence-corrected chi connectivity index (χ0v) is 23.2. The summed E-state index contributed by atoms with van der Waals surface area (Å²) >= 11 is 1.34. The highest BCUT2D eigenvalue weighted by Gasteiger charge is 2.56. The molecule has 1 aromatic carbocycles. The summed E-state index contributed by atoms with van der Waals surface area (Å²) in [5.74, 6) is -0.557. The highest BCUT2D eigenvalue weighted by Crippen LogP contribution is 2.47. The van der Waals surface area contributed by atoms with Gasteiger partial charge < -0.3 is 24.0 Å². The molecule has 0 aromatic heterocycles. The molecule has 1 aliphatic heterocycles. The minimum atomic E-state index is -4.31. The van der Waals surface area contributed by atoms with Crippen LogP contribution in [-0.2, 0) is 28.2 Å². The Labute approximate surface area is 220 Å². The lowest BCUT2D eigenvalue weighted by atomic mass is 9.98. The first kappa shape index (κ1) is 31.0. The predicted molar refractivity (Wildman–Crippen MR) is 139 cm³/mol. The molecule has 0 spiro atoms. The Balaban J connectivity index is 2.24. The first-order valence-corrected chi connectivity index (χ1v) is 13.8. The number of carbonyl (C=O) groups is 2. The third-order valence-corrected chi connectivity index (χ3v) is 7.68. The van der Waals surface area contributed by atoms with Crippen LogP contribution in [0.5, 0.6) is 5.75 Å². The number of hydrogen-bond acceptors (Lipinski definition) is 9. The van der Waals surface area contributed by atoms with Gasteiger partial charge in [0.15, 0.2) is 11.9 Å². The highest BCUT2D eigenvalue weighted by atomic mass is 32.2. The number of alkyl halides is 1. The van der Waals surface area contributed by atoms with Crippen molar-refractivity contribution in [3.8, 4) is 5.75 Å². The first-order chi connectivity index (χ1) is 17.2. The molecular weight excluding hydrogens is 526 g/mol. The van der Waals surface area contributed by atoms with Crippen LogP contribution >= 0.6 is 19.5 Å². The Morgan fingerprint density at radius 1 is 1.38 bits per heavy atom. The molecule has 6 unspecified atom stereocenters. The van der Waals surface area contributed by atoms with Crippen molar-refractivity contribution in [3.63, 3.8) is 0 Å². The molecule has 1 amide bonds. The lowest BCUT2D eigenvalue weighted by molar-refractivity contribution is -0.149. The van der Waals surface area contributed by atoms with E-state index in [1.807, 2.05) is 0 Å². The number of ether oxygens (including phenoxy) is 2. The molecule has 2 N–H and O–H groups in total. The van der Waals surface area contributed by atoms with E-state index >= 15 is 4.39 Å². The fourth-order valence-electron chi connectivity index (χ4n) is 3.46. The summed E-state index contributed by atoms with van der Waals surface area (Å²) in [6.45, 7) is 12.8. The smallest absolute Gasteiger partial charge is 0.459 e. The number of hydrogen-bond donors (Lipinski definition) is 2. The molecule has 6 atom stereocenters. The summed E-state index contributed by atoms with van der Waals surface area (Å²) < 4.78 is 50.6. The van der Waals surface area contributed by atoms with E-state index in [-0.39, 0.29) is 5.75 Å².